The molecule has 2 aromatic rings. The molecule has 5 nitrogen and oxygen atoms in total. The largest absolute Gasteiger partial charge is 0.497 e. The first-order chi connectivity index (χ1) is 11.6. The molecule has 0 aliphatic carbocycles. The third-order valence-corrected chi connectivity index (χ3v) is 3.66. The molecular weight excluding hydrogens is 304 g/mol. The van der Waals surface area contributed by atoms with Gasteiger partial charge in [-0.2, -0.15) is 0 Å². The van der Waals surface area contributed by atoms with Gasteiger partial charge in [-0.3, -0.25) is 4.79 Å². The molecular formula is C19H24N2O3. The normalized spacial score (nSPS) is 10.2. The maximum absolute atomic E-state index is 12.0. The van der Waals surface area contributed by atoms with Crippen LogP contribution in [0.1, 0.15) is 24.5 Å². The first-order valence-electron chi connectivity index (χ1n) is 8.03. The molecule has 0 fully saturated rings. The third kappa shape index (κ3) is 5.19. The Bertz CT molecular complexity index is 669. The molecule has 128 valence electrons. The predicted molar refractivity (Wildman–Crippen MR) is 95.2 cm³/mol. The second-order valence-electron chi connectivity index (χ2n) is 5.43. The first-order valence-corrected chi connectivity index (χ1v) is 8.03. The minimum atomic E-state index is 0.0123. The van der Waals surface area contributed by atoms with E-state index in [-0.39, 0.29) is 5.91 Å². The van der Waals surface area contributed by atoms with Gasteiger partial charge in [0.05, 0.1) is 19.4 Å². The van der Waals surface area contributed by atoms with Crippen LogP contribution in [0.4, 0.5) is 5.69 Å². The Morgan fingerprint density at radius 1 is 1.12 bits per heavy atom. The molecule has 3 N–H and O–H groups in total. The van der Waals surface area contributed by atoms with E-state index in [0.717, 1.165) is 16.9 Å². The molecule has 0 radical (unpaired) electrons. The van der Waals surface area contributed by atoms with Gasteiger partial charge in [-0.25, -0.2) is 0 Å². The van der Waals surface area contributed by atoms with Gasteiger partial charge in [0, 0.05) is 13.0 Å². The zero-order valence-electron chi connectivity index (χ0n) is 14.2. The summed E-state index contributed by atoms with van der Waals surface area (Å²) in [5.41, 5.74) is 8.60. The number of carbonyl (C=O) groups is 1. The number of nitrogens with two attached hydrogens (primary N) is 1. The van der Waals surface area contributed by atoms with E-state index < -0.39 is 0 Å². The molecule has 0 bridgehead atoms. The van der Waals surface area contributed by atoms with Crippen molar-refractivity contribution in [3.05, 3.63) is 53.6 Å². The number of ether oxygens (including phenoxy) is 2. The number of nitrogens with one attached hydrogen (secondary N) is 1. The van der Waals surface area contributed by atoms with Crippen molar-refractivity contribution in [2.24, 2.45) is 0 Å². The molecule has 0 spiro atoms. The van der Waals surface area contributed by atoms with Gasteiger partial charge in [0.15, 0.2) is 0 Å². The Hall–Kier alpha value is -2.69. The summed E-state index contributed by atoms with van der Waals surface area (Å²) < 4.78 is 10.5. The lowest BCUT2D eigenvalue weighted by Crippen LogP contribution is -2.22. The molecule has 2 rings (SSSR count). The van der Waals surface area contributed by atoms with Crippen molar-refractivity contribution in [1.29, 1.82) is 0 Å². The summed E-state index contributed by atoms with van der Waals surface area (Å²) in [5, 5.41) is 2.92. The number of anilines is 1. The van der Waals surface area contributed by atoms with Crippen LogP contribution in [0.15, 0.2) is 42.5 Å². The minimum Gasteiger partial charge on any atom is -0.497 e. The number of hydrogen-bond donors (Lipinski definition) is 2. The number of hydrogen-bond acceptors (Lipinski definition) is 4. The van der Waals surface area contributed by atoms with E-state index >= 15 is 0 Å². The van der Waals surface area contributed by atoms with Crippen LogP contribution in [0.25, 0.3) is 0 Å². The quantitative estimate of drug-likeness (QED) is 0.731. The van der Waals surface area contributed by atoms with Crippen LogP contribution in [0.5, 0.6) is 11.5 Å². The number of aryl methyl sites for hydroxylation is 1. The Kier molecular flexibility index (Phi) is 6.49. The zero-order valence-corrected chi connectivity index (χ0v) is 14.2. The average molecular weight is 328 g/mol. The van der Waals surface area contributed by atoms with E-state index in [4.69, 9.17) is 15.2 Å². The van der Waals surface area contributed by atoms with Crippen molar-refractivity contribution in [2.45, 2.75) is 26.3 Å². The number of benzene rings is 2. The molecule has 1 amide bonds. The molecule has 5 heteroatoms. The second kappa shape index (κ2) is 8.82. The van der Waals surface area contributed by atoms with Crippen LogP contribution in [0.3, 0.4) is 0 Å². The summed E-state index contributed by atoms with van der Waals surface area (Å²) in [6.07, 6.45) is 1.06. The van der Waals surface area contributed by atoms with Crippen LogP contribution in [0, 0.1) is 0 Å². The lowest BCUT2D eigenvalue weighted by Gasteiger charge is -2.09. The number of nitrogen functional groups attached to an aromatic ring is 1. The van der Waals surface area contributed by atoms with Gasteiger partial charge in [-0.15, -0.1) is 0 Å². The Labute approximate surface area is 142 Å². The average Bonchev–Trinajstić information content (AvgIpc) is 2.61. The summed E-state index contributed by atoms with van der Waals surface area (Å²) in [7, 11) is 1.63. The predicted octanol–water partition coefficient (Wildman–Crippen LogP) is 2.93. The highest BCUT2D eigenvalue weighted by Gasteiger charge is 2.05. The number of methoxy groups -OCH3 is 1. The van der Waals surface area contributed by atoms with Crippen molar-refractivity contribution in [3.63, 3.8) is 0 Å². The fourth-order valence-corrected chi connectivity index (χ4v) is 2.33. The number of rotatable bonds is 8. The van der Waals surface area contributed by atoms with Crippen LogP contribution >= 0.6 is 0 Å². The van der Waals surface area contributed by atoms with E-state index in [1.54, 1.807) is 7.11 Å². The fourth-order valence-electron chi connectivity index (χ4n) is 2.33. The Morgan fingerprint density at radius 3 is 2.46 bits per heavy atom. The second-order valence-corrected chi connectivity index (χ2v) is 5.43. The lowest BCUT2D eigenvalue weighted by molar-refractivity contribution is -0.121. The topological polar surface area (TPSA) is 73.6 Å². The van der Waals surface area contributed by atoms with Crippen LogP contribution in [0.2, 0.25) is 0 Å². The molecule has 0 aliphatic heterocycles. The summed E-state index contributed by atoms with van der Waals surface area (Å²) in [6, 6.07) is 13.3. The summed E-state index contributed by atoms with van der Waals surface area (Å²) in [5.74, 6) is 1.50. The van der Waals surface area contributed by atoms with Crippen molar-refractivity contribution < 1.29 is 14.3 Å². The first kappa shape index (κ1) is 17.7. The van der Waals surface area contributed by atoms with Gasteiger partial charge >= 0.3 is 0 Å². The van der Waals surface area contributed by atoms with Crippen molar-refractivity contribution in [2.75, 3.05) is 19.5 Å². The van der Waals surface area contributed by atoms with Crippen molar-refractivity contribution in [3.8, 4) is 11.5 Å². The molecule has 24 heavy (non-hydrogen) atoms. The Morgan fingerprint density at radius 2 is 1.83 bits per heavy atom. The van der Waals surface area contributed by atoms with Crippen molar-refractivity contribution in [1.82, 2.24) is 5.32 Å². The molecule has 0 atom stereocenters. The van der Waals surface area contributed by atoms with Gasteiger partial charge in [-0.05, 0) is 48.7 Å². The number of amides is 1. The fraction of sp³-hybridized carbons (Fsp3) is 0.316. The lowest BCUT2D eigenvalue weighted by atomic mass is 10.1. The van der Waals surface area contributed by atoms with Gasteiger partial charge in [-0.1, -0.05) is 18.2 Å². The van der Waals surface area contributed by atoms with Gasteiger partial charge in [0.1, 0.15) is 11.5 Å². The highest BCUT2D eigenvalue weighted by molar-refractivity contribution is 5.76. The highest BCUT2D eigenvalue weighted by atomic mass is 16.5. The minimum absolute atomic E-state index is 0.0123. The summed E-state index contributed by atoms with van der Waals surface area (Å²) >= 11 is 0. The third-order valence-electron chi connectivity index (χ3n) is 3.66. The van der Waals surface area contributed by atoms with E-state index in [0.29, 0.717) is 37.4 Å². The van der Waals surface area contributed by atoms with E-state index in [9.17, 15) is 4.79 Å². The summed E-state index contributed by atoms with van der Waals surface area (Å²) in [6.45, 7) is 3.01. The summed E-state index contributed by atoms with van der Waals surface area (Å²) in [4.78, 5) is 12.0. The monoisotopic (exact) mass is 328 g/mol. The van der Waals surface area contributed by atoms with Gasteiger partial charge in [0.2, 0.25) is 5.91 Å². The molecule has 0 heterocycles. The maximum Gasteiger partial charge on any atom is 0.220 e. The van der Waals surface area contributed by atoms with Gasteiger partial charge in [0.25, 0.3) is 0 Å². The maximum atomic E-state index is 12.0. The molecule has 0 saturated heterocycles. The van der Waals surface area contributed by atoms with Crippen LogP contribution < -0.4 is 20.5 Å². The van der Waals surface area contributed by atoms with Crippen LogP contribution in [-0.4, -0.2) is 19.6 Å². The van der Waals surface area contributed by atoms with Gasteiger partial charge < -0.3 is 20.5 Å². The highest BCUT2D eigenvalue weighted by Crippen LogP contribution is 2.23. The molecule has 0 aliphatic rings. The van der Waals surface area contributed by atoms with E-state index in [1.807, 2.05) is 49.4 Å². The van der Waals surface area contributed by atoms with E-state index in [2.05, 4.69) is 5.32 Å². The number of carbonyl (C=O) groups excluding carboxylic acids is 1. The molecule has 2 aromatic carbocycles. The standard InChI is InChI=1S/C19H24N2O3/c1-3-24-18-10-6-14(12-17(18)20)7-11-19(22)21-13-15-4-8-16(23-2)9-5-15/h4-6,8-10,12H,3,7,11,13,20H2,1-2H3,(H,21,22). The smallest absolute Gasteiger partial charge is 0.220 e. The van der Waals surface area contributed by atoms with E-state index in [1.165, 1.54) is 0 Å². The SMILES string of the molecule is CCOc1ccc(CCC(=O)NCc2ccc(OC)cc2)cc1N. The zero-order chi connectivity index (χ0) is 17.4. The Balaban J connectivity index is 1.79. The van der Waals surface area contributed by atoms with Crippen molar-refractivity contribution >= 4 is 11.6 Å². The molecule has 0 aromatic heterocycles. The molecule has 0 saturated carbocycles. The molecule has 0 unspecified atom stereocenters. The van der Waals surface area contributed by atoms with Crippen LogP contribution in [-0.2, 0) is 17.8 Å².